The van der Waals surface area contributed by atoms with Gasteiger partial charge < -0.3 is 47.0 Å². The van der Waals surface area contributed by atoms with Gasteiger partial charge in [0.2, 0.25) is 30.4 Å². The van der Waals surface area contributed by atoms with E-state index < -0.39 is 72.6 Å². The topological polar surface area (TPSA) is 199 Å². The Kier molecular flexibility index (Phi) is 9.84. The second-order valence-corrected chi connectivity index (χ2v) is 10.6. The molecule has 1 fully saturated rings. The SMILES string of the molecule is CC(=O)OC[C@H]1O[C@@H](Oc2ccc(-c3coc4cc5c(c(OC(C)=O)c4c3=O)OCO5)cc2)[C@H](OC(C)=O)[C@H](OC(C)=O)[C@H]1OC(C)=O. The molecule has 1 aromatic heterocycles. The monoisotopic (exact) mass is 670 g/mol. The molecule has 1 saturated heterocycles. The number of esters is 5. The van der Waals surface area contributed by atoms with Gasteiger partial charge in [-0.25, -0.2) is 0 Å². The molecule has 5 atom stereocenters. The predicted molar refractivity (Wildman–Crippen MR) is 158 cm³/mol. The molecule has 0 spiro atoms. The first-order valence-corrected chi connectivity index (χ1v) is 14.5. The zero-order valence-corrected chi connectivity index (χ0v) is 26.3. The van der Waals surface area contributed by atoms with E-state index in [-0.39, 0.29) is 46.3 Å². The fraction of sp³-hybridized carbons (Fsp3) is 0.375. The van der Waals surface area contributed by atoms with Crippen molar-refractivity contribution in [1.29, 1.82) is 0 Å². The summed E-state index contributed by atoms with van der Waals surface area (Å²) in [6.07, 6.45) is -5.64. The summed E-state index contributed by atoms with van der Waals surface area (Å²) < 4.78 is 55.1. The van der Waals surface area contributed by atoms with Crippen LogP contribution >= 0.6 is 0 Å². The van der Waals surface area contributed by atoms with Crippen LogP contribution in [0.4, 0.5) is 0 Å². The van der Waals surface area contributed by atoms with E-state index in [0.29, 0.717) is 5.56 Å². The Morgan fingerprint density at radius 1 is 0.792 bits per heavy atom. The van der Waals surface area contributed by atoms with Crippen LogP contribution in [0.1, 0.15) is 34.6 Å². The predicted octanol–water partition coefficient (Wildman–Crippen LogP) is 2.58. The highest BCUT2D eigenvalue weighted by atomic mass is 16.7. The minimum atomic E-state index is -1.46. The van der Waals surface area contributed by atoms with Gasteiger partial charge in [0.25, 0.3) is 0 Å². The van der Waals surface area contributed by atoms with Crippen molar-refractivity contribution in [2.75, 3.05) is 13.4 Å². The molecular formula is C32H30O16. The number of ether oxygens (including phenoxy) is 9. The van der Waals surface area contributed by atoms with Gasteiger partial charge in [0.1, 0.15) is 35.7 Å². The van der Waals surface area contributed by atoms with Gasteiger partial charge in [-0.3, -0.25) is 28.8 Å². The van der Waals surface area contributed by atoms with Gasteiger partial charge in [0, 0.05) is 40.7 Å². The first-order chi connectivity index (χ1) is 22.8. The van der Waals surface area contributed by atoms with Crippen LogP contribution in [0, 0.1) is 0 Å². The minimum Gasteiger partial charge on any atom is -0.463 e. The fourth-order valence-corrected chi connectivity index (χ4v) is 5.18. The first kappa shape index (κ1) is 33.7. The summed E-state index contributed by atoms with van der Waals surface area (Å²) in [5.41, 5.74) is 0.0616. The molecule has 0 saturated carbocycles. The van der Waals surface area contributed by atoms with Crippen molar-refractivity contribution < 1.29 is 71.0 Å². The third-order valence-corrected chi connectivity index (χ3v) is 6.97. The molecule has 3 aromatic rings. The Morgan fingerprint density at radius 2 is 1.44 bits per heavy atom. The lowest BCUT2D eigenvalue weighted by Crippen LogP contribution is -2.63. The fourth-order valence-electron chi connectivity index (χ4n) is 5.18. The van der Waals surface area contributed by atoms with Crippen molar-refractivity contribution >= 4 is 40.8 Å². The normalized spacial score (nSPS) is 21.1. The van der Waals surface area contributed by atoms with Crippen molar-refractivity contribution in [1.82, 2.24) is 0 Å². The lowest BCUT2D eigenvalue weighted by Gasteiger charge is -2.43. The summed E-state index contributed by atoms with van der Waals surface area (Å²) in [5, 5.41) is -0.0372. The smallest absolute Gasteiger partial charge is 0.308 e. The number of benzene rings is 2. The Balaban J connectivity index is 1.48. The number of fused-ring (bicyclic) bond motifs is 2. The summed E-state index contributed by atoms with van der Waals surface area (Å²) in [5.74, 6) is -3.34. The Labute approximate surface area is 271 Å². The lowest BCUT2D eigenvalue weighted by atomic mass is 9.98. The lowest BCUT2D eigenvalue weighted by molar-refractivity contribution is -0.288. The zero-order valence-electron chi connectivity index (χ0n) is 26.3. The van der Waals surface area contributed by atoms with E-state index in [1.54, 1.807) is 0 Å². The highest BCUT2D eigenvalue weighted by Gasteiger charge is 2.53. The molecule has 48 heavy (non-hydrogen) atoms. The van der Waals surface area contributed by atoms with E-state index in [1.165, 1.54) is 43.5 Å². The minimum absolute atomic E-state index is 0.0372. The molecule has 0 unspecified atom stereocenters. The molecule has 0 bridgehead atoms. The van der Waals surface area contributed by atoms with Crippen molar-refractivity contribution in [2.24, 2.45) is 0 Å². The second-order valence-electron chi connectivity index (χ2n) is 10.6. The zero-order chi connectivity index (χ0) is 34.7. The van der Waals surface area contributed by atoms with Gasteiger partial charge in [-0.1, -0.05) is 12.1 Å². The largest absolute Gasteiger partial charge is 0.463 e. The van der Waals surface area contributed by atoms with Crippen molar-refractivity contribution in [3.63, 3.8) is 0 Å². The number of hydrogen-bond donors (Lipinski definition) is 0. The summed E-state index contributed by atoms with van der Waals surface area (Å²) in [6, 6.07) is 7.45. The van der Waals surface area contributed by atoms with E-state index in [9.17, 15) is 28.8 Å². The first-order valence-electron chi connectivity index (χ1n) is 14.5. The summed E-state index contributed by atoms with van der Waals surface area (Å²) >= 11 is 0. The highest BCUT2D eigenvalue weighted by molar-refractivity contribution is 5.93. The average molecular weight is 671 g/mol. The van der Waals surface area contributed by atoms with Crippen LogP contribution in [0.25, 0.3) is 22.1 Å². The molecule has 2 aliphatic rings. The van der Waals surface area contributed by atoms with E-state index >= 15 is 0 Å². The van der Waals surface area contributed by atoms with Crippen LogP contribution in [0.3, 0.4) is 0 Å². The summed E-state index contributed by atoms with van der Waals surface area (Å²) in [7, 11) is 0. The number of hydrogen-bond acceptors (Lipinski definition) is 16. The molecule has 0 aliphatic carbocycles. The molecule has 16 nitrogen and oxygen atoms in total. The standard InChI is InChI=1S/C32H30O16/c1-14(33)39-12-24-28(43-15(2)34)30(45-17(4)36)31(46-18(5)37)32(48-24)47-20-8-6-19(7-9-20)21-11-40-22-10-23-27(42-13-41-23)29(44-16(3)35)25(22)26(21)38/h6-11,24,28,30-32H,12-13H2,1-5H3/t24-,28+,30-,31-,32-/m1/s1. The van der Waals surface area contributed by atoms with E-state index in [4.69, 9.17) is 47.0 Å². The molecule has 16 heteroatoms. The van der Waals surface area contributed by atoms with Crippen LogP contribution in [0.2, 0.25) is 0 Å². The van der Waals surface area contributed by atoms with Gasteiger partial charge in [-0.05, 0) is 17.7 Å². The Hall–Kier alpha value is -5.64. The van der Waals surface area contributed by atoms with Crippen molar-refractivity contribution in [3.8, 4) is 34.1 Å². The van der Waals surface area contributed by atoms with Crippen LogP contribution < -0.4 is 24.4 Å². The maximum Gasteiger partial charge on any atom is 0.308 e. The van der Waals surface area contributed by atoms with Crippen LogP contribution in [-0.4, -0.2) is 74.0 Å². The molecule has 0 amide bonds. The van der Waals surface area contributed by atoms with Gasteiger partial charge in [-0.2, -0.15) is 0 Å². The van der Waals surface area contributed by atoms with Crippen LogP contribution in [0.5, 0.6) is 23.0 Å². The number of rotatable bonds is 9. The van der Waals surface area contributed by atoms with E-state index in [2.05, 4.69) is 0 Å². The molecule has 5 rings (SSSR count). The maximum atomic E-state index is 13.7. The van der Waals surface area contributed by atoms with Crippen LogP contribution in [-0.2, 0) is 47.7 Å². The third kappa shape index (κ3) is 7.33. The van der Waals surface area contributed by atoms with Gasteiger partial charge in [0.05, 0.1) is 5.56 Å². The second kappa shape index (κ2) is 14.0. The number of carbonyl (C=O) groups excluding carboxylic acids is 5. The van der Waals surface area contributed by atoms with Gasteiger partial charge >= 0.3 is 29.8 Å². The third-order valence-electron chi connectivity index (χ3n) is 6.97. The molecule has 0 radical (unpaired) electrons. The summed E-state index contributed by atoms with van der Waals surface area (Å²) in [4.78, 5) is 73.3. The van der Waals surface area contributed by atoms with E-state index in [0.717, 1.165) is 27.7 Å². The molecule has 3 heterocycles. The quantitative estimate of drug-likeness (QED) is 0.183. The summed E-state index contributed by atoms with van der Waals surface area (Å²) in [6.45, 7) is 5.10. The number of carbonyl (C=O) groups is 5. The van der Waals surface area contributed by atoms with Gasteiger partial charge in [0.15, 0.2) is 23.7 Å². The molecule has 2 aromatic carbocycles. The van der Waals surface area contributed by atoms with Crippen molar-refractivity contribution in [3.05, 3.63) is 46.8 Å². The maximum absolute atomic E-state index is 13.7. The van der Waals surface area contributed by atoms with Gasteiger partial charge in [-0.15, -0.1) is 0 Å². The Morgan fingerprint density at radius 3 is 2.06 bits per heavy atom. The van der Waals surface area contributed by atoms with E-state index in [1.807, 2.05) is 0 Å². The molecule has 254 valence electrons. The van der Waals surface area contributed by atoms with Crippen LogP contribution in [0.15, 0.2) is 45.8 Å². The van der Waals surface area contributed by atoms with Crippen molar-refractivity contribution in [2.45, 2.75) is 65.3 Å². The highest BCUT2D eigenvalue weighted by Crippen LogP contribution is 2.46. The Bertz CT molecular complexity index is 1810. The molecular weight excluding hydrogens is 640 g/mol. The molecule has 0 N–H and O–H groups in total. The molecule has 2 aliphatic heterocycles. The average Bonchev–Trinajstić information content (AvgIpc) is 3.47.